The number of amides is 1. The highest BCUT2D eigenvalue weighted by molar-refractivity contribution is 5.77. The molecule has 2 aromatic heterocycles. The lowest BCUT2D eigenvalue weighted by Gasteiger charge is -2.05. The first kappa shape index (κ1) is 16.6. The van der Waals surface area contributed by atoms with E-state index in [2.05, 4.69) is 15.4 Å². The third-order valence-electron chi connectivity index (χ3n) is 4.90. The average molecular weight is 354 g/mol. The number of carbonyl (C=O) groups is 1. The standard InChI is InChI=1S/C18H22N6O2/c1-22-14-8-5-4-7-13(14)20-16(22)11-19-17(25)12-24-18(26)23-10-6-2-3-9-15(23)21-24/h4-5,7-8H,2-3,6,9-12H2,1H3,(H,19,25). The van der Waals surface area contributed by atoms with Gasteiger partial charge in [-0.3, -0.25) is 9.36 Å². The van der Waals surface area contributed by atoms with Crippen molar-refractivity contribution in [2.75, 3.05) is 0 Å². The van der Waals surface area contributed by atoms with E-state index in [1.807, 2.05) is 35.9 Å². The number of benzene rings is 1. The summed E-state index contributed by atoms with van der Waals surface area (Å²) in [5.41, 5.74) is 1.72. The first-order valence-corrected chi connectivity index (χ1v) is 8.97. The van der Waals surface area contributed by atoms with Crippen molar-refractivity contribution in [3.8, 4) is 0 Å². The van der Waals surface area contributed by atoms with Crippen LogP contribution in [-0.4, -0.2) is 29.8 Å². The van der Waals surface area contributed by atoms with Gasteiger partial charge in [-0.05, 0) is 25.0 Å². The molecule has 0 radical (unpaired) electrons. The van der Waals surface area contributed by atoms with Crippen LogP contribution in [0.2, 0.25) is 0 Å². The van der Waals surface area contributed by atoms with Gasteiger partial charge in [0, 0.05) is 20.0 Å². The minimum atomic E-state index is -0.243. The van der Waals surface area contributed by atoms with Gasteiger partial charge in [0.1, 0.15) is 18.2 Å². The maximum absolute atomic E-state index is 12.4. The van der Waals surface area contributed by atoms with Crippen LogP contribution >= 0.6 is 0 Å². The SMILES string of the molecule is Cn1c(CNC(=O)Cn2nc3n(c2=O)CCCCC3)nc2ccccc21. The molecule has 0 bridgehead atoms. The second kappa shape index (κ2) is 6.78. The molecule has 0 saturated heterocycles. The minimum Gasteiger partial charge on any atom is -0.347 e. The first-order chi connectivity index (χ1) is 12.6. The van der Waals surface area contributed by atoms with Crippen LogP contribution in [-0.2, 0) is 37.9 Å². The predicted molar refractivity (Wildman–Crippen MR) is 96.6 cm³/mol. The van der Waals surface area contributed by atoms with Crippen molar-refractivity contribution in [3.05, 3.63) is 46.4 Å². The maximum atomic E-state index is 12.4. The third-order valence-corrected chi connectivity index (χ3v) is 4.90. The molecule has 0 unspecified atom stereocenters. The van der Waals surface area contributed by atoms with E-state index < -0.39 is 0 Å². The summed E-state index contributed by atoms with van der Waals surface area (Å²) >= 11 is 0. The van der Waals surface area contributed by atoms with Crippen LogP contribution in [0.3, 0.4) is 0 Å². The summed E-state index contributed by atoms with van der Waals surface area (Å²) in [5, 5.41) is 7.18. The van der Waals surface area contributed by atoms with E-state index in [0.29, 0.717) is 13.1 Å². The highest BCUT2D eigenvalue weighted by Gasteiger charge is 2.17. The average Bonchev–Trinajstić information content (AvgIpc) is 2.99. The number of carbonyl (C=O) groups excluding carboxylic acids is 1. The van der Waals surface area contributed by atoms with Gasteiger partial charge >= 0.3 is 5.69 Å². The number of rotatable bonds is 4. The monoisotopic (exact) mass is 354 g/mol. The van der Waals surface area contributed by atoms with Crippen molar-refractivity contribution >= 4 is 16.9 Å². The van der Waals surface area contributed by atoms with Gasteiger partial charge in [0.15, 0.2) is 0 Å². The lowest BCUT2D eigenvalue weighted by molar-refractivity contribution is -0.122. The zero-order chi connectivity index (χ0) is 18.1. The van der Waals surface area contributed by atoms with Crippen LogP contribution in [0.5, 0.6) is 0 Å². The van der Waals surface area contributed by atoms with Crippen molar-refractivity contribution in [1.82, 2.24) is 29.2 Å². The molecular weight excluding hydrogens is 332 g/mol. The number of nitrogens with zero attached hydrogens (tertiary/aromatic N) is 5. The summed E-state index contributed by atoms with van der Waals surface area (Å²) in [6, 6.07) is 7.83. The van der Waals surface area contributed by atoms with Crippen LogP contribution in [0, 0.1) is 0 Å². The smallest absolute Gasteiger partial charge is 0.346 e. The van der Waals surface area contributed by atoms with Gasteiger partial charge < -0.3 is 9.88 Å². The lowest BCUT2D eigenvalue weighted by atomic mass is 10.2. The predicted octanol–water partition coefficient (Wildman–Crippen LogP) is 0.974. The topological polar surface area (TPSA) is 86.7 Å². The fraction of sp³-hybridized carbons (Fsp3) is 0.444. The van der Waals surface area contributed by atoms with E-state index in [1.54, 1.807) is 4.57 Å². The van der Waals surface area contributed by atoms with Gasteiger partial charge in [-0.2, -0.15) is 5.10 Å². The second-order valence-corrected chi connectivity index (χ2v) is 6.67. The molecule has 1 N–H and O–H groups in total. The molecule has 4 rings (SSSR count). The van der Waals surface area contributed by atoms with E-state index >= 15 is 0 Å². The number of aryl methyl sites for hydroxylation is 2. The number of para-hydroxylation sites is 2. The largest absolute Gasteiger partial charge is 0.347 e. The number of hydrogen-bond donors (Lipinski definition) is 1. The van der Waals surface area contributed by atoms with E-state index in [1.165, 1.54) is 4.68 Å². The van der Waals surface area contributed by atoms with E-state index in [9.17, 15) is 9.59 Å². The van der Waals surface area contributed by atoms with Crippen LogP contribution in [0.15, 0.2) is 29.1 Å². The molecule has 1 aromatic carbocycles. The summed E-state index contributed by atoms with van der Waals surface area (Å²) in [4.78, 5) is 29.2. The Balaban J connectivity index is 1.44. The van der Waals surface area contributed by atoms with Gasteiger partial charge in [-0.15, -0.1) is 0 Å². The molecule has 26 heavy (non-hydrogen) atoms. The van der Waals surface area contributed by atoms with Crippen LogP contribution in [0.4, 0.5) is 0 Å². The molecule has 8 nitrogen and oxygen atoms in total. The van der Waals surface area contributed by atoms with Gasteiger partial charge in [0.25, 0.3) is 0 Å². The maximum Gasteiger partial charge on any atom is 0.346 e. The Kier molecular flexibility index (Phi) is 4.32. The molecule has 1 aliphatic rings. The number of imidazole rings is 1. The highest BCUT2D eigenvalue weighted by atomic mass is 16.2. The van der Waals surface area contributed by atoms with E-state index in [-0.39, 0.29) is 18.1 Å². The molecule has 0 aliphatic carbocycles. The lowest BCUT2D eigenvalue weighted by Crippen LogP contribution is -2.34. The van der Waals surface area contributed by atoms with Gasteiger partial charge in [-0.25, -0.2) is 14.5 Å². The van der Waals surface area contributed by atoms with Crippen LogP contribution < -0.4 is 11.0 Å². The first-order valence-electron chi connectivity index (χ1n) is 8.97. The Morgan fingerprint density at radius 2 is 2.08 bits per heavy atom. The number of aromatic nitrogens is 5. The zero-order valence-electron chi connectivity index (χ0n) is 14.8. The molecule has 1 aliphatic heterocycles. The Morgan fingerprint density at radius 3 is 2.92 bits per heavy atom. The molecule has 136 valence electrons. The summed E-state index contributed by atoms with van der Waals surface area (Å²) in [6.07, 6.45) is 3.93. The van der Waals surface area contributed by atoms with Crippen molar-refractivity contribution in [2.24, 2.45) is 7.05 Å². The Morgan fingerprint density at radius 1 is 1.23 bits per heavy atom. The Hall–Kier alpha value is -2.90. The number of fused-ring (bicyclic) bond motifs is 2. The summed E-state index contributed by atoms with van der Waals surface area (Å²) in [7, 11) is 1.92. The molecule has 1 amide bonds. The van der Waals surface area contributed by atoms with Crippen molar-refractivity contribution < 1.29 is 4.79 Å². The summed E-state index contributed by atoms with van der Waals surface area (Å²) in [6.45, 7) is 0.935. The normalized spacial score (nSPS) is 14.2. The minimum absolute atomic E-state index is 0.0667. The molecule has 0 atom stereocenters. The Bertz CT molecular complexity index is 1010. The molecule has 3 aromatic rings. The quantitative estimate of drug-likeness (QED) is 0.756. The Labute approximate surface area is 150 Å². The highest BCUT2D eigenvalue weighted by Crippen LogP contribution is 2.14. The molecule has 3 heterocycles. The van der Waals surface area contributed by atoms with Crippen LogP contribution in [0.1, 0.15) is 30.9 Å². The summed E-state index contributed by atoms with van der Waals surface area (Å²) < 4.78 is 4.93. The van der Waals surface area contributed by atoms with Gasteiger partial charge in [0.05, 0.1) is 17.6 Å². The molecular formula is C18H22N6O2. The van der Waals surface area contributed by atoms with Gasteiger partial charge in [-0.1, -0.05) is 18.6 Å². The van der Waals surface area contributed by atoms with Crippen molar-refractivity contribution in [1.29, 1.82) is 0 Å². The fourth-order valence-electron chi connectivity index (χ4n) is 3.45. The molecule has 0 spiro atoms. The molecule has 0 fully saturated rings. The third kappa shape index (κ3) is 3.02. The van der Waals surface area contributed by atoms with Crippen molar-refractivity contribution in [3.63, 3.8) is 0 Å². The number of hydrogen-bond acceptors (Lipinski definition) is 4. The fourth-order valence-corrected chi connectivity index (χ4v) is 3.45. The van der Waals surface area contributed by atoms with Crippen LogP contribution in [0.25, 0.3) is 11.0 Å². The van der Waals surface area contributed by atoms with Crippen molar-refractivity contribution in [2.45, 2.75) is 45.3 Å². The van der Waals surface area contributed by atoms with E-state index in [4.69, 9.17) is 0 Å². The van der Waals surface area contributed by atoms with E-state index in [0.717, 1.165) is 48.4 Å². The second-order valence-electron chi connectivity index (χ2n) is 6.67. The molecule has 8 heteroatoms. The van der Waals surface area contributed by atoms with Gasteiger partial charge in [0.2, 0.25) is 5.91 Å². The molecule has 0 saturated carbocycles. The number of nitrogens with one attached hydrogen (secondary N) is 1. The zero-order valence-corrected chi connectivity index (χ0v) is 14.8. The summed E-state index contributed by atoms with van der Waals surface area (Å²) in [5.74, 6) is 1.32.